The molecule has 1 saturated heterocycles. The molecular weight excluding hydrogens is 382 g/mol. The Morgan fingerprint density at radius 3 is 2.59 bits per heavy atom. The van der Waals surface area contributed by atoms with Crippen molar-refractivity contribution in [1.29, 1.82) is 0 Å². The molecule has 0 bridgehead atoms. The van der Waals surface area contributed by atoms with E-state index in [9.17, 15) is 4.79 Å². The van der Waals surface area contributed by atoms with Crippen LogP contribution in [-0.2, 0) is 21.9 Å². The third kappa shape index (κ3) is 4.62. The van der Waals surface area contributed by atoms with Gasteiger partial charge in [-0.15, -0.1) is 30.7 Å². The summed E-state index contributed by atoms with van der Waals surface area (Å²) in [5.41, 5.74) is 2.98. The van der Waals surface area contributed by atoms with Crippen molar-refractivity contribution in [2.75, 3.05) is 6.79 Å². The van der Waals surface area contributed by atoms with Crippen LogP contribution in [-0.4, -0.2) is 12.7 Å². The fourth-order valence-corrected chi connectivity index (χ4v) is 3.10. The molecule has 2 aliphatic heterocycles. The number of carbonyl (C=O) groups excluding carboxylic acids is 1. The summed E-state index contributed by atoms with van der Waals surface area (Å²) in [6.45, 7) is 0.262. The van der Waals surface area contributed by atoms with E-state index in [1.807, 2.05) is 73.9 Å². The van der Waals surface area contributed by atoms with Crippen LogP contribution in [0.3, 0.4) is 0 Å². The minimum atomic E-state index is 0. The predicted octanol–water partition coefficient (Wildman–Crippen LogP) is 3.77. The summed E-state index contributed by atoms with van der Waals surface area (Å²) in [5.74, 6) is 1.61. The van der Waals surface area contributed by atoms with Crippen molar-refractivity contribution in [2.45, 2.75) is 12.3 Å². The van der Waals surface area contributed by atoms with Crippen molar-refractivity contribution in [1.82, 2.24) is 5.32 Å². The number of rotatable bonds is 1. The van der Waals surface area contributed by atoms with Gasteiger partial charge in [0.15, 0.2) is 11.5 Å². The van der Waals surface area contributed by atoms with E-state index in [-0.39, 0.29) is 35.7 Å². The van der Waals surface area contributed by atoms with E-state index in [4.69, 9.17) is 9.47 Å². The van der Waals surface area contributed by atoms with E-state index in [1.165, 1.54) is 0 Å². The number of nitrogens with one attached hydrogen (secondary N) is 1. The molecule has 1 aromatic rings. The molecule has 4 nitrogen and oxygen atoms in total. The van der Waals surface area contributed by atoms with Crippen molar-refractivity contribution in [3.63, 3.8) is 0 Å². The molecule has 0 saturated carbocycles. The first-order valence-corrected chi connectivity index (χ1v) is 8.59. The van der Waals surface area contributed by atoms with Crippen molar-refractivity contribution < 1.29 is 31.3 Å². The Labute approximate surface area is 170 Å². The summed E-state index contributed by atoms with van der Waals surface area (Å²) in [4.78, 5) is 12.0. The van der Waals surface area contributed by atoms with E-state index in [0.717, 1.165) is 28.3 Å². The van der Waals surface area contributed by atoms with Crippen LogP contribution in [0.5, 0.6) is 11.5 Å². The standard InChI is InChI=1S/C17H14NO3.C5H5.Fe/c19-17-9-13(7-14(18-17)11-3-1-2-4-11)12-5-6-15-16(8-12)21-10-20-15;1-2-4-5-3-1;/h1-8,13H,9-10H2,(H,18,19);1-5H;/q2*-1;+2. The number of benzene rings is 1. The monoisotopic (exact) mass is 401 g/mol. The first kappa shape index (κ1) is 19.3. The number of fused-ring (bicyclic) bond motifs is 1. The zero-order valence-electron chi connectivity index (χ0n) is 14.6. The van der Waals surface area contributed by atoms with Crippen molar-refractivity contribution in [2.24, 2.45) is 0 Å². The Balaban J connectivity index is 0.000000306. The van der Waals surface area contributed by atoms with Gasteiger partial charge in [0.2, 0.25) is 12.7 Å². The molecule has 1 aromatic carbocycles. The molecule has 1 fully saturated rings. The second kappa shape index (κ2) is 8.94. The van der Waals surface area contributed by atoms with E-state index in [1.54, 1.807) is 0 Å². The first-order valence-electron chi connectivity index (χ1n) is 8.59. The summed E-state index contributed by atoms with van der Waals surface area (Å²) in [6.07, 6.45) is 20.5. The Morgan fingerprint density at radius 2 is 1.89 bits per heavy atom. The SMILES string of the molecule is O=C1CC(c2ccc3c(c2)OCO3)[CH-]C(=C2C=CC=C2)N1.[CH]1[CH][CH-]C=C1.[Fe+2]. The van der Waals surface area contributed by atoms with Gasteiger partial charge in [-0.2, -0.15) is 12.0 Å². The third-order valence-corrected chi connectivity index (χ3v) is 4.40. The van der Waals surface area contributed by atoms with Gasteiger partial charge < -0.3 is 14.8 Å². The largest absolute Gasteiger partial charge is 2.00 e. The zero-order chi connectivity index (χ0) is 17.8. The van der Waals surface area contributed by atoms with E-state index in [0.29, 0.717) is 6.42 Å². The van der Waals surface area contributed by atoms with Crippen LogP contribution in [0, 0.1) is 25.7 Å². The molecular formula is C22H19FeNO3. The molecule has 2 aliphatic carbocycles. The fourth-order valence-electron chi connectivity index (χ4n) is 3.10. The summed E-state index contributed by atoms with van der Waals surface area (Å²) in [5, 5.41) is 2.94. The quantitative estimate of drug-likeness (QED) is 0.576. The maximum absolute atomic E-state index is 12.0. The fraction of sp³-hybridized carbons (Fsp3) is 0.136. The average Bonchev–Trinajstić information content (AvgIpc) is 3.45. The van der Waals surface area contributed by atoms with Crippen LogP contribution in [0.1, 0.15) is 17.9 Å². The van der Waals surface area contributed by atoms with E-state index >= 15 is 0 Å². The van der Waals surface area contributed by atoms with Crippen LogP contribution in [0.4, 0.5) is 0 Å². The molecule has 138 valence electrons. The summed E-state index contributed by atoms with van der Waals surface area (Å²) < 4.78 is 10.7. The molecule has 2 radical (unpaired) electrons. The van der Waals surface area contributed by atoms with Gasteiger partial charge in [0.05, 0.1) is 0 Å². The van der Waals surface area contributed by atoms with Gasteiger partial charge in [-0.3, -0.25) is 4.79 Å². The number of hydrogen-bond donors (Lipinski definition) is 1. The van der Waals surface area contributed by atoms with Gasteiger partial charge in [0, 0.05) is 6.42 Å². The maximum atomic E-state index is 12.0. The van der Waals surface area contributed by atoms with Crippen LogP contribution in [0.25, 0.3) is 0 Å². The third-order valence-electron chi connectivity index (χ3n) is 4.40. The maximum Gasteiger partial charge on any atom is 2.00 e. The Kier molecular flexibility index (Phi) is 6.38. The number of amides is 1. The first-order chi connectivity index (χ1) is 12.8. The minimum absolute atomic E-state index is 0. The summed E-state index contributed by atoms with van der Waals surface area (Å²) in [6, 6.07) is 5.86. The molecule has 1 N–H and O–H groups in total. The number of piperidine rings is 1. The molecule has 0 aromatic heterocycles. The molecule has 5 rings (SSSR count). The molecule has 4 aliphatic rings. The van der Waals surface area contributed by atoms with Crippen molar-refractivity contribution >= 4 is 5.91 Å². The second-order valence-corrected chi connectivity index (χ2v) is 6.19. The molecule has 0 spiro atoms. The number of ether oxygens (including phenoxy) is 2. The van der Waals surface area contributed by atoms with Gasteiger partial charge >= 0.3 is 17.1 Å². The molecule has 5 heteroatoms. The number of allylic oxidation sites excluding steroid dienone is 8. The Bertz CT molecular complexity index is 803. The van der Waals surface area contributed by atoms with Crippen LogP contribution in [0.2, 0.25) is 0 Å². The normalized spacial score (nSPS) is 21.0. The molecule has 1 unspecified atom stereocenters. The van der Waals surface area contributed by atoms with Gasteiger partial charge in [0.1, 0.15) is 0 Å². The topological polar surface area (TPSA) is 47.6 Å². The molecule has 2 heterocycles. The smallest absolute Gasteiger partial charge is 0.454 e. The predicted molar refractivity (Wildman–Crippen MR) is 99.7 cm³/mol. The van der Waals surface area contributed by atoms with E-state index in [2.05, 4.69) is 11.7 Å². The minimum Gasteiger partial charge on any atom is -0.454 e. The van der Waals surface area contributed by atoms with E-state index < -0.39 is 0 Å². The zero-order valence-corrected chi connectivity index (χ0v) is 15.7. The van der Waals surface area contributed by atoms with Crippen molar-refractivity contribution in [3.8, 4) is 11.5 Å². The van der Waals surface area contributed by atoms with Gasteiger partial charge in [0.25, 0.3) is 0 Å². The van der Waals surface area contributed by atoms with Crippen LogP contribution < -0.4 is 14.8 Å². The summed E-state index contributed by atoms with van der Waals surface area (Å²) in [7, 11) is 0. The van der Waals surface area contributed by atoms with Gasteiger partial charge in [-0.05, 0) is 12.1 Å². The Hall–Kier alpha value is -2.49. The van der Waals surface area contributed by atoms with Crippen LogP contribution in [0.15, 0.2) is 65.9 Å². The van der Waals surface area contributed by atoms with Gasteiger partial charge in [-0.1, -0.05) is 29.7 Å². The summed E-state index contributed by atoms with van der Waals surface area (Å²) >= 11 is 0. The average molecular weight is 401 g/mol. The molecule has 27 heavy (non-hydrogen) atoms. The van der Waals surface area contributed by atoms with Crippen molar-refractivity contribution in [3.05, 3.63) is 97.2 Å². The molecule has 1 amide bonds. The number of carbonyl (C=O) groups is 1. The second-order valence-electron chi connectivity index (χ2n) is 6.19. The molecule has 1 atom stereocenters. The number of hydrogen-bond acceptors (Lipinski definition) is 3. The van der Waals surface area contributed by atoms with Gasteiger partial charge in [-0.25, -0.2) is 18.6 Å². The Morgan fingerprint density at radius 1 is 1.07 bits per heavy atom. The van der Waals surface area contributed by atoms with Crippen LogP contribution >= 0.6 is 0 Å².